The van der Waals surface area contributed by atoms with Crippen molar-refractivity contribution in [2.75, 3.05) is 4.90 Å². The Morgan fingerprint density at radius 2 is 1.79 bits per heavy atom. The Balaban J connectivity index is 1.69. The molecule has 1 aliphatic heterocycles. The molecule has 4 aromatic rings. The number of aromatic nitrogens is 2. The first kappa shape index (κ1) is 21.8. The van der Waals surface area contributed by atoms with Crippen LogP contribution in [0.25, 0.3) is 10.2 Å². The first-order chi connectivity index (χ1) is 15.7. The Morgan fingerprint density at radius 3 is 2.45 bits per heavy atom. The van der Waals surface area contributed by atoms with Gasteiger partial charge in [-0.25, -0.2) is 9.97 Å². The summed E-state index contributed by atoms with van der Waals surface area (Å²) in [5.41, 5.74) is 3.06. The average Bonchev–Trinajstić information content (AvgIpc) is 3.41. The minimum absolute atomic E-state index is 0.0181. The lowest BCUT2D eigenvalue weighted by Crippen LogP contribution is -2.30. The van der Waals surface area contributed by atoms with Gasteiger partial charge >= 0.3 is 0 Å². The van der Waals surface area contributed by atoms with Crippen molar-refractivity contribution in [1.82, 2.24) is 9.97 Å². The summed E-state index contributed by atoms with van der Waals surface area (Å²) in [7, 11) is 0. The van der Waals surface area contributed by atoms with Gasteiger partial charge in [0.15, 0.2) is 10.9 Å². The monoisotopic (exact) mass is 495 g/mol. The maximum Gasteiger partial charge on any atom is 0.296 e. The highest BCUT2D eigenvalue weighted by Gasteiger charge is 2.46. The average molecular weight is 496 g/mol. The fourth-order valence-electron chi connectivity index (χ4n) is 3.98. The molecule has 2 aromatic heterocycles. The largest absolute Gasteiger partial charge is 0.503 e. The number of nitrogens with zero attached hydrogens (tertiary/aromatic N) is 3. The molecule has 0 saturated heterocycles. The number of hydrogen-bond acceptors (Lipinski definition) is 7. The van der Waals surface area contributed by atoms with E-state index in [1.165, 1.54) is 27.6 Å². The van der Waals surface area contributed by atoms with Crippen molar-refractivity contribution in [2.24, 2.45) is 0 Å². The summed E-state index contributed by atoms with van der Waals surface area (Å²) < 4.78 is 0.917. The number of aliphatic hydroxyl groups excluding tert-OH is 1. The molecule has 1 amide bonds. The molecule has 0 saturated carbocycles. The molecule has 166 valence electrons. The molecule has 6 nitrogen and oxygen atoms in total. The van der Waals surface area contributed by atoms with Crippen molar-refractivity contribution >= 4 is 61.3 Å². The van der Waals surface area contributed by atoms with Crippen LogP contribution in [-0.2, 0) is 4.79 Å². The zero-order chi connectivity index (χ0) is 23.4. The van der Waals surface area contributed by atoms with Gasteiger partial charge in [0.05, 0.1) is 37.4 Å². The Labute approximate surface area is 202 Å². The van der Waals surface area contributed by atoms with Crippen LogP contribution in [-0.4, -0.2) is 26.8 Å². The number of halogens is 1. The van der Waals surface area contributed by atoms with E-state index in [1.807, 2.05) is 32.0 Å². The lowest BCUT2D eigenvalue weighted by atomic mass is 9.95. The minimum atomic E-state index is -0.842. The van der Waals surface area contributed by atoms with Crippen LogP contribution >= 0.6 is 34.3 Å². The number of hydrogen-bond donors (Lipinski definition) is 1. The summed E-state index contributed by atoms with van der Waals surface area (Å²) in [6.45, 7) is 5.55. The number of fused-ring (bicyclic) bond motifs is 1. The molecule has 0 aliphatic carbocycles. The Morgan fingerprint density at radius 1 is 1.06 bits per heavy atom. The van der Waals surface area contributed by atoms with Crippen LogP contribution in [0.2, 0.25) is 5.02 Å². The molecular weight excluding hydrogens is 478 g/mol. The Hall–Kier alpha value is -3.07. The summed E-state index contributed by atoms with van der Waals surface area (Å²) >= 11 is 8.68. The molecule has 0 bridgehead atoms. The summed E-state index contributed by atoms with van der Waals surface area (Å²) in [6, 6.07) is 11.9. The van der Waals surface area contributed by atoms with Crippen LogP contribution in [0.15, 0.2) is 53.8 Å². The van der Waals surface area contributed by atoms with Gasteiger partial charge in [0.25, 0.3) is 5.91 Å². The predicted molar refractivity (Wildman–Crippen MR) is 132 cm³/mol. The van der Waals surface area contributed by atoms with Gasteiger partial charge in [-0.3, -0.25) is 14.5 Å². The van der Waals surface area contributed by atoms with Crippen molar-refractivity contribution in [2.45, 2.75) is 26.8 Å². The van der Waals surface area contributed by atoms with Crippen LogP contribution < -0.4 is 4.90 Å². The van der Waals surface area contributed by atoms with Crippen molar-refractivity contribution in [1.29, 1.82) is 0 Å². The van der Waals surface area contributed by atoms with E-state index in [0.717, 1.165) is 20.8 Å². The quantitative estimate of drug-likeness (QED) is 0.345. The Kier molecular flexibility index (Phi) is 5.31. The molecule has 0 fully saturated rings. The third-order valence-electron chi connectivity index (χ3n) is 5.49. The lowest BCUT2D eigenvalue weighted by molar-refractivity contribution is -0.117. The molecule has 1 aliphatic rings. The maximum absolute atomic E-state index is 13.6. The first-order valence-corrected chi connectivity index (χ1v) is 12.1. The van der Waals surface area contributed by atoms with E-state index < -0.39 is 23.5 Å². The van der Waals surface area contributed by atoms with Gasteiger partial charge in [0.1, 0.15) is 0 Å². The highest BCUT2D eigenvalue weighted by atomic mass is 35.5. The molecule has 9 heteroatoms. The zero-order valence-corrected chi connectivity index (χ0v) is 20.3. The molecule has 0 spiro atoms. The number of aliphatic hydroxyl groups is 1. The topological polar surface area (TPSA) is 83.4 Å². The third kappa shape index (κ3) is 3.64. The second-order valence-corrected chi connectivity index (χ2v) is 10.5. The molecule has 33 heavy (non-hydrogen) atoms. The third-order valence-corrected chi connectivity index (χ3v) is 7.83. The van der Waals surface area contributed by atoms with Crippen molar-refractivity contribution in [3.63, 3.8) is 0 Å². The molecule has 3 heterocycles. The molecule has 0 radical (unpaired) electrons. The van der Waals surface area contributed by atoms with Gasteiger partial charge in [-0.05, 0) is 56.2 Å². The SMILES string of the molecule is Cc1ccc2nc(N3C(=O)C(O)=C(C(=O)c4sc(C)nc4C)C3c3ccc(Cl)cc3)sc2c1. The number of Topliss-reactive ketones (excluding diaryl/α,β-unsaturated/α-hetero) is 1. The van der Waals surface area contributed by atoms with Gasteiger partial charge in [0.2, 0.25) is 5.78 Å². The highest BCUT2D eigenvalue weighted by Crippen LogP contribution is 2.45. The number of aryl methyl sites for hydroxylation is 3. The normalized spacial score (nSPS) is 16.3. The summed E-state index contributed by atoms with van der Waals surface area (Å²) in [6.07, 6.45) is 0. The maximum atomic E-state index is 13.6. The van der Waals surface area contributed by atoms with E-state index in [1.54, 1.807) is 31.2 Å². The fraction of sp³-hybridized carbons (Fsp3) is 0.167. The van der Waals surface area contributed by atoms with Crippen molar-refractivity contribution in [3.8, 4) is 0 Å². The van der Waals surface area contributed by atoms with Gasteiger partial charge in [0, 0.05) is 5.02 Å². The number of amides is 1. The fourth-order valence-corrected chi connectivity index (χ4v) is 6.07. The van der Waals surface area contributed by atoms with E-state index in [2.05, 4.69) is 9.97 Å². The molecule has 1 unspecified atom stereocenters. The molecule has 5 rings (SSSR count). The molecular formula is C24H18ClN3O3S2. The van der Waals surface area contributed by atoms with Gasteiger partial charge in [-0.2, -0.15) is 0 Å². The van der Waals surface area contributed by atoms with Crippen LogP contribution in [0.4, 0.5) is 5.13 Å². The van der Waals surface area contributed by atoms with E-state index in [9.17, 15) is 14.7 Å². The summed E-state index contributed by atoms with van der Waals surface area (Å²) in [4.78, 5) is 37.7. The standard InChI is InChI=1S/C24H18ClN3O3S2/c1-11-4-9-16-17(10-11)33-24(27-16)28-19(14-5-7-15(25)8-6-14)18(21(30)23(28)31)20(29)22-12(2)26-13(3)32-22/h4-10,19,30H,1-3H3. The molecule has 1 atom stereocenters. The van der Waals surface area contributed by atoms with Crippen LogP contribution in [0.3, 0.4) is 0 Å². The summed E-state index contributed by atoms with van der Waals surface area (Å²) in [5, 5.41) is 12.6. The summed E-state index contributed by atoms with van der Waals surface area (Å²) in [5.74, 6) is -1.64. The van der Waals surface area contributed by atoms with Crippen LogP contribution in [0, 0.1) is 20.8 Å². The first-order valence-electron chi connectivity index (χ1n) is 10.1. The number of ketones is 1. The van der Waals surface area contributed by atoms with Crippen LogP contribution in [0.1, 0.15) is 37.5 Å². The molecule has 1 N–H and O–H groups in total. The number of anilines is 1. The highest BCUT2D eigenvalue weighted by molar-refractivity contribution is 7.22. The zero-order valence-electron chi connectivity index (χ0n) is 17.9. The number of thiazole rings is 2. The number of rotatable bonds is 4. The van der Waals surface area contributed by atoms with Gasteiger partial charge in [-0.15, -0.1) is 11.3 Å². The predicted octanol–water partition coefficient (Wildman–Crippen LogP) is 6.11. The van der Waals surface area contributed by atoms with Crippen molar-refractivity contribution in [3.05, 3.63) is 85.5 Å². The Bertz CT molecular complexity index is 1470. The number of carbonyl (C=O) groups excluding carboxylic acids is 2. The smallest absolute Gasteiger partial charge is 0.296 e. The second-order valence-electron chi connectivity index (χ2n) is 7.84. The second kappa shape index (κ2) is 8.06. The van der Waals surface area contributed by atoms with Crippen LogP contribution in [0.5, 0.6) is 0 Å². The van der Waals surface area contributed by atoms with E-state index >= 15 is 0 Å². The molecule has 2 aromatic carbocycles. The van der Waals surface area contributed by atoms with Gasteiger partial charge in [-0.1, -0.05) is 41.1 Å². The number of benzene rings is 2. The lowest BCUT2D eigenvalue weighted by Gasteiger charge is -2.24. The van der Waals surface area contributed by atoms with Gasteiger partial charge < -0.3 is 5.11 Å². The number of carbonyl (C=O) groups is 2. The van der Waals surface area contributed by atoms with Crippen molar-refractivity contribution < 1.29 is 14.7 Å². The minimum Gasteiger partial charge on any atom is -0.503 e. The van der Waals surface area contributed by atoms with E-state index in [-0.39, 0.29) is 5.57 Å². The van der Waals surface area contributed by atoms with E-state index in [0.29, 0.717) is 26.3 Å². The van der Waals surface area contributed by atoms with E-state index in [4.69, 9.17) is 11.6 Å².